The minimum Gasteiger partial charge on any atom is -0.496 e. The number of carbonyl (C=O) groups excluding carboxylic acids is 4. The molecule has 0 spiro atoms. The molecule has 52 heavy (non-hydrogen) atoms. The van der Waals surface area contributed by atoms with Crippen molar-refractivity contribution >= 4 is 36.0 Å². The van der Waals surface area contributed by atoms with Crippen molar-refractivity contribution in [2.75, 3.05) is 32.8 Å². The van der Waals surface area contributed by atoms with Crippen molar-refractivity contribution in [2.45, 2.75) is 116 Å². The Hall–Kier alpha value is -3.19. The Bertz CT molecular complexity index is 1260. The van der Waals surface area contributed by atoms with Gasteiger partial charge in [-0.05, 0) is 42.2 Å². The van der Waals surface area contributed by atoms with Gasteiger partial charge < -0.3 is 41.5 Å². The number of hydrogen-bond donors (Lipinski definition) is 7. The zero-order valence-corrected chi connectivity index (χ0v) is 32.3. The molecule has 0 aromatic heterocycles. The molecule has 0 bridgehead atoms. The summed E-state index contributed by atoms with van der Waals surface area (Å²) in [6, 6.07) is 6.89. The fourth-order valence-electron chi connectivity index (χ4n) is 6.72. The van der Waals surface area contributed by atoms with E-state index in [0.29, 0.717) is 50.8 Å². The zero-order valence-electron chi connectivity index (χ0n) is 31.5. The first-order chi connectivity index (χ1) is 24.4. The third-order valence-corrected chi connectivity index (χ3v) is 9.42. The maximum absolute atomic E-state index is 14.0. The number of aliphatic hydroxyl groups excluding tert-OH is 2. The topological polar surface area (TPSA) is 178 Å². The number of amides is 4. The second kappa shape index (κ2) is 24.2. The van der Waals surface area contributed by atoms with Crippen LogP contribution in [0, 0.1) is 23.7 Å². The number of aliphatic hydroxyl groups is 2. The Morgan fingerprint density at radius 1 is 0.885 bits per heavy atom. The number of nitrogens with one attached hydrogen (secondary N) is 5. The van der Waals surface area contributed by atoms with Gasteiger partial charge in [0.25, 0.3) is 0 Å². The number of carbonyl (C=O) groups is 4. The third-order valence-electron chi connectivity index (χ3n) is 9.42. The van der Waals surface area contributed by atoms with Crippen LogP contribution in [0.3, 0.4) is 0 Å². The number of hydrogen-bond acceptors (Lipinski definition) is 8. The largest absolute Gasteiger partial charge is 0.496 e. The van der Waals surface area contributed by atoms with Crippen LogP contribution >= 0.6 is 12.4 Å². The van der Waals surface area contributed by atoms with Crippen LogP contribution in [0.4, 0.5) is 0 Å². The summed E-state index contributed by atoms with van der Waals surface area (Å²) >= 11 is 0. The van der Waals surface area contributed by atoms with Crippen LogP contribution in [0.2, 0.25) is 0 Å². The van der Waals surface area contributed by atoms with Gasteiger partial charge in [-0.1, -0.05) is 90.1 Å². The van der Waals surface area contributed by atoms with Gasteiger partial charge in [-0.3, -0.25) is 19.2 Å². The van der Waals surface area contributed by atoms with E-state index in [1.54, 1.807) is 0 Å². The summed E-state index contributed by atoms with van der Waals surface area (Å²) in [5, 5.41) is 35.1. The van der Waals surface area contributed by atoms with Gasteiger partial charge in [0.2, 0.25) is 23.6 Å². The van der Waals surface area contributed by atoms with Crippen molar-refractivity contribution in [1.29, 1.82) is 0 Å². The van der Waals surface area contributed by atoms with Crippen molar-refractivity contribution in [3.8, 4) is 0 Å². The highest BCUT2D eigenvalue weighted by molar-refractivity contribution is 5.92. The Balaban J connectivity index is 0.00000936. The highest BCUT2D eigenvalue weighted by Gasteiger charge is 2.33. The molecule has 4 amide bonds. The van der Waals surface area contributed by atoms with Crippen LogP contribution in [-0.2, 0) is 30.3 Å². The molecular formula is C39H64ClN5O7. The van der Waals surface area contributed by atoms with Gasteiger partial charge in [-0.2, -0.15) is 0 Å². The summed E-state index contributed by atoms with van der Waals surface area (Å²) in [6.45, 7) is 9.70. The molecule has 1 saturated carbocycles. The van der Waals surface area contributed by atoms with Crippen LogP contribution in [0.15, 0.2) is 42.2 Å². The van der Waals surface area contributed by atoms with Crippen molar-refractivity contribution in [2.24, 2.45) is 23.7 Å². The molecule has 1 heterocycles. The Kier molecular flexibility index (Phi) is 20.9. The third kappa shape index (κ3) is 17.1. The SMILES string of the molecule is CC(C)CNC(=O)CC(O)[C@H](CC1CCCCC1)NC(=O)[C@H](CC(C)C)NC(=O)[C@H](Cc1ccccc1)NC(=O)CC1C=C(CNCCO)OC1.Cl. The zero-order chi connectivity index (χ0) is 37.2. The molecule has 1 aromatic carbocycles. The lowest BCUT2D eigenvalue weighted by Crippen LogP contribution is -2.57. The van der Waals surface area contributed by atoms with Crippen molar-refractivity contribution < 1.29 is 34.1 Å². The molecule has 5 atom stereocenters. The van der Waals surface area contributed by atoms with Gasteiger partial charge in [0.1, 0.15) is 17.8 Å². The van der Waals surface area contributed by atoms with Gasteiger partial charge in [0, 0.05) is 31.8 Å². The highest BCUT2D eigenvalue weighted by atomic mass is 35.5. The summed E-state index contributed by atoms with van der Waals surface area (Å²) in [7, 11) is 0. The van der Waals surface area contributed by atoms with Crippen LogP contribution in [0.5, 0.6) is 0 Å². The fraction of sp³-hybridized carbons (Fsp3) is 0.692. The first kappa shape index (κ1) is 45.0. The predicted molar refractivity (Wildman–Crippen MR) is 204 cm³/mol. The van der Waals surface area contributed by atoms with Gasteiger partial charge in [-0.25, -0.2) is 0 Å². The summed E-state index contributed by atoms with van der Waals surface area (Å²) in [5.74, 6) is -0.252. The molecule has 1 aliphatic heterocycles. The smallest absolute Gasteiger partial charge is 0.243 e. The molecule has 2 aliphatic rings. The summed E-state index contributed by atoms with van der Waals surface area (Å²) in [4.78, 5) is 53.9. The molecule has 1 aromatic rings. The average Bonchev–Trinajstić information content (AvgIpc) is 3.53. The maximum Gasteiger partial charge on any atom is 0.243 e. The van der Waals surface area contributed by atoms with E-state index in [1.165, 1.54) is 6.42 Å². The molecule has 7 N–H and O–H groups in total. The second-order valence-electron chi connectivity index (χ2n) is 15.1. The predicted octanol–water partition coefficient (Wildman–Crippen LogP) is 3.15. The monoisotopic (exact) mass is 749 g/mol. The quantitative estimate of drug-likeness (QED) is 0.0885. The minimum atomic E-state index is -1.08. The number of ether oxygens (including phenoxy) is 1. The summed E-state index contributed by atoms with van der Waals surface area (Å²) in [6.07, 6.45) is 7.35. The first-order valence-corrected chi connectivity index (χ1v) is 19.0. The van der Waals surface area contributed by atoms with E-state index < -0.39 is 36.0 Å². The molecule has 1 fully saturated rings. The summed E-state index contributed by atoms with van der Waals surface area (Å²) in [5.41, 5.74) is 0.857. The van der Waals surface area contributed by atoms with Crippen LogP contribution < -0.4 is 26.6 Å². The van der Waals surface area contributed by atoms with Gasteiger partial charge in [-0.15, -0.1) is 12.4 Å². The van der Waals surface area contributed by atoms with E-state index in [0.717, 1.165) is 31.2 Å². The molecule has 12 nitrogen and oxygen atoms in total. The molecular weight excluding hydrogens is 686 g/mol. The van der Waals surface area contributed by atoms with Crippen molar-refractivity contribution in [1.82, 2.24) is 26.6 Å². The maximum atomic E-state index is 14.0. The highest BCUT2D eigenvalue weighted by Crippen LogP contribution is 2.28. The Morgan fingerprint density at radius 3 is 2.23 bits per heavy atom. The van der Waals surface area contributed by atoms with Gasteiger partial charge in [0.05, 0.1) is 38.3 Å². The molecule has 2 unspecified atom stereocenters. The van der Waals surface area contributed by atoms with E-state index in [1.807, 2.05) is 64.1 Å². The van der Waals surface area contributed by atoms with Crippen LogP contribution in [0.1, 0.15) is 91.0 Å². The van der Waals surface area contributed by atoms with Gasteiger partial charge in [0.15, 0.2) is 0 Å². The average molecular weight is 750 g/mol. The lowest BCUT2D eigenvalue weighted by atomic mass is 9.83. The van der Waals surface area contributed by atoms with E-state index in [-0.39, 0.29) is 67.8 Å². The van der Waals surface area contributed by atoms with E-state index in [9.17, 15) is 24.3 Å². The minimum absolute atomic E-state index is 0. The van der Waals surface area contributed by atoms with Gasteiger partial charge >= 0.3 is 0 Å². The van der Waals surface area contributed by atoms with E-state index in [4.69, 9.17) is 9.84 Å². The molecule has 0 radical (unpaired) electrons. The summed E-state index contributed by atoms with van der Waals surface area (Å²) < 4.78 is 5.69. The standard InChI is InChI=1S/C39H63N5O7.ClH/c1-26(2)17-33(38(49)43-32(19-28-11-7-5-8-12-28)35(46)22-36(47)41-23-27(3)4)44-39(50)34(20-29-13-9-6-10-14-29)42-37(48)21-30-18-31(51-25-30)24-40-15-16-45;/h6,9-10,13-14,18,26-28,30,32-35,40,45-46H,5,7-8,11-12,15-17,19-25H2,1-4H3,(H,41,47)(H,42,48)(H,43,49)(H,44,50);1H/t30?,32-,33-,34-,35?;/m0./s1. The van der Waals surface area contributed by atoms with Crippen LogP contribution in [-0.4, -0.2) is 90.9 Å². The lowest BCUT2D eigenvalue weighted by Gasteiger charge is -2.32. The van der Waals surface area contributed by atoms with E-state index in [2.05, 4.69) is 26.6 Å². The van der Waals surface area contributed by atoms with Crippen molar-refractivity contribution in [3.05, 3.63) is 47.7 Å². The first-order valence-electron chi connectivity index (χ1n) is 19.0. The molecule has 294 valence electrons. The molecule has 13 heteroatoms. The number of rotatable bonds is 22. The number of halogens is 1. The van der Waals surface area contributed by atoms with Crippen molar-refractivity contribution in [3.63, 3.8) is 0 Å². The fourth-order valence-corrected chi connectivity index (χ4v) is 6.72. The van der Waals surface area contributed by atoms with Crippen LogP contribution in [0.25, 0.3) is 0 Å². The molecule has 0 saturated heterocycles. The normalized spacial score (nSPS) is 18.3. The Labute approximate surface area is 316 Å². The lowest BCUT2D eigenvalue weighted by molar-refractivity contribution is -0.133. The molecule has 3 rings (SSSR count). The molecule has 1 aliphatic carbocycles. The van der Waals surface area contributed by atoms with E-state index >= 15 is 0 Å². The number of benzene rings is 1. The second-order valence-corrected chi connectivity index (χ2v) is 15.1. The Morgan fingerprint density at radius 2 is 1.58 bits per heavy atom.